The zero-order valence-corrected chi connectivity index (χ0v) is 11.6. The van der Waals surface area contributed by atoms with Crippen molar-refractivity contribution >= 4 is 23.2 Å². The summed E-state index contributed by atoms with van der Waals surface area (Å²) in [6.07, 6.45) is -0.109. The van der Waals surface area contributed by atoms with Crippen molar-refractivity contribution in [1.82, 2.24) is 9.59 Å². The number of hydrogen-bond acceptors (Lipinski definition) is 6. The van der Waals surface area contributed by atoms with E-state index < -0.39 is 0 Å². The van der Waals surface area contributed by atoms with Crippen LogP contribution in [0.2, 0.25) is 0 Å². The average Bonchev–Trinajstić information content (AvgIpc) is 2.89. The van der Waals surface area contributed by atoms with E-state index in [1.54, 1.807) is 12.1 Å². The number of benzene rings is 1. The molecule has 2 rings (SSSR count). The molecule has 1 aromatic carbocycles. The number of carbonyl (C=O) groups excluding carboxylic acids is 1. The van der Waals surface area contributed by atoms with Gasteiger partial charge in [0.05, 0.1) is 23.9 Å². The first-order valence-electron chi connectivity index (χ1n) is 5.96. The standard InChI is InChI=1S/C13H15N3O2S/c1-9(2)18-13(17)10-3-5-11(6-4-10)14-7-12-8-19-16-15-12/h3-6,8-9,14H,7H2,1-2H3. The summed E-state index contributed by atoms with van der Waals surface area (Å²) in [5, 5.41) is 9.04. The maximum absolute atomic E-state index is 11.7. The summed E-state index contributed by atoms with van der Waals surface area (Å²) in [6, 6.07) is 7.17. The van der Waals surface area contributed by atoms with Gasteiger partial charge in [-0.2, -0.15) is 0 Å². The Balaban J connectivity index is 1.92. The summed E-state index contributed by atoms with van der Waals surface area (Å²) in [7, 11) is 0. The zero-order valence-electron chi connectivity index (χ0n) is 10.8. The van der Waals surface area contributed by atoms with Crippen LogP contribution < -0.4 is 5.32 Å². The number of rotatable bonds is 5. The van der Waals surface area contributed by atoms with Gasteiger partial charge < -0.3 is 10.1 Å². The highest BCUT2D eigenvalue weighted by molar-refractivity contribution is 7.03. The molecule has 0 fully saturated rings. The monoisotopic (exact) mass is 277 g/mol. The Morgan fingerprint density at radius 1 is 1.37 bits per heavy atom. The van der Waals surface area contributed by atoms with E-state index in [9.17, 15) is 4.79 Å². The summed E-state index contributed by atoms with van der Waals surface area (Å²) < 4.78 is 8.91. The molecule has 0 radical (unpaired) electrons. The third-order valence-electron chi connectivity index (χ3n) is 2.34. The fourth-order valence-electron chi connectivity index (χ4n) is 1.46. The molecule has 1 N–H and O–H groups in total. The van der Waals surface area contributed by atoms with Gasteiger partial charge in [0.2, 0.25) is 0 Å². The molecule has 0 saturated carbocycles. The minimum Gasteiger partial charge on any atom is -0.459 e. The van der Waals surface area contributed by atoms with Crippen LogP contribution in [-0.4, -0.2) is 21.7 Å². The molecule has 0 spiro atoms. The molecular formula is C13H15N3O2S. The Morgan fingerprint density at radius 2 is 2.11 bits per heavy atom. The third kappa shape index (κ3) is 4.03. The van der Waals surface area contributed by atoms with Gasteiger partial charge in [0.1, 0.15) is 0 Å². The molecule has 0 aliphatic heterocycles. The van der Waals surface area contributed by atoms with Crippen molar-refractivity contribution in [2.45, 2.75) is 26.5 Å². The summed E-state index contributed by atoms with van der Waals surface area (Å²) in [6.45, 7) is 4.28. The largest absolute Gasteiger partial charge is 0.459 e. The highest BCUT2D eigenvalue weighted by Gasteiger charge is 2.08. The van der Waals surface area contributed by atoms with Gasteiger partial charge >= 0.3 is 5.97 Å². The minimum absolute atomic E-state index is 0.109. The van der Waals surface area contributed by atoms with E-state index in [0.717, 1.165) is 11.4 Å². The summed E-state index contributed by atoms with van der Waals surface area (Å²) >= 11 is 1.32. The van der Waals surface area contributed by atoms with Crippen LogP contribution in [0.5, 0.6) is 0 Å². The molecule has 0 aliphatic rings. The van der Waals surface area contributed by atoms with Crippen molar-refractivity contribution in [3.8, 4) is 0 Å². The maximum atomic E-state index is 11.7. The lowest BCUT2D eigenvalue weighted by Gasteiger charge is -2.09. The molecule has 2 aromatic rings. The Bertz CT molecular complexity index is 523. The van der Waals surface area contributed by atoms with E-state index in [-0.39, 0.29) is 12.1 Å². The van der Waals surface area contributed by atoms with E-state index in [0.29, 0.717) is 12.1 Å². The normalized spacial score (nSPS) is 10.5. The van der Waals surface area contributed by atoms with Gasteiger partial charge in [-0.25, -0.2) is 4.79 Å². The van der Waals surface area contributed by atoms with Gasteiger partial charge in [-0.1, -0.05) is 4.49 Å². The van der Waals surface area contributed by atoms with Crippen molar-refractivity contribution in [2.75, 3.05) is 5.32 Å². The Kier molecular flexibility index (Phi) is 4.46. The van der Waals surface area contributed by atoms with Gasteiger partial charge in [0, 0.05) is 11.1 Å². The second-order valence-corrected chi connectivity index (χ2v) is 4.89. The van der Waals surface area contributed by atoms with Crippen LogP contribution >= 0.6 is 11.5 Å². The van der Waals surface area contributed by atoms with Crippen LogP contribution in [0.15, 0.2) is 29.6 Å². The van der Waals surface area contributed by atoms with Gasteiger partial charge in [-0.15, -0.1) is 5.10 Å². The molecule has 0 amide bonds. The molecule has 0 atom stereocenters. The van der Waals surface area contributed by atoms with E-state index in [1.165, 1.54) is 11.5 Å². The smallest absolute Gasteiger partial charge is 0.338 e. The molecule has 6 heteroatoms. The summed E-state index contributed by atoms with van der Waals surface area (Å²) in [5.41, 5.74) is 2.37. The predicted molar refractivity (Wildman–Crippen MR) is 74.2 cm³/mol. The van der Waals surface area contributed by atoms with Crippen LogP contribution in [-0.2, 0) is 11.3 Å². The van der Waals surface area contributed by atoms with Crippen molar-refractivity contribution in [3.63, 3.8) is 0 Å². The number of nitrogens with one attached hydrogen (secondary N) is 1. The van der Waals surface area contributed by atoms with Gasteiger partial charge in [0.15, 0.2) is 0 Å². The topological polar surface area (TPSA) is 64.1 Å². The molecule has 5 nitrogen and oxygen atoms in total. The SMILES string of the molecule is CC(C)OC(=O)c1ccc(NCc2csnn2)cc1. The van der Waals surface area contributed by atoms with E-state index in [1.807, 2.05) is 31.4 Å². The lowest BCUT2D eigenvalue weighted by molar-refractivity contribution is 0.0378. The number of anilines is 1. The molecule has 1 heterocycles. The number of hydrogen-bond donors (Lipinski definition) is 1. The highest BCUT2D eigenvalue weighted by atomic mass is 32.1. The molecule has 0 unspecified atom stereocenters. The van der Waals surface area contributed by atoms with Gasteiger partial charge in [-0.05, 0) is 49.6 Å². The Morgan fingerprint density at radius 3 is 2.68 bits per heavy atom. The van der Waals surface area contributed by atoms with Crippen molar-refractivity contribution in [2.24, 2.45) is 0 Å². The van der Waals surface area contributed by atoms with Gasteiger partial charge in [0.25, 0.3) is 0 Å². The predicted octanol–water partition coefficient (Wildman–Crippen LogP) is 2.72. The van der Waals surface area contributed by atoms with Crippen LogP contribution in [0.4, 0.5) is 5.69 Å². The molecule has 100 valence electrons. The summed E-state index contributed by atoms with van der Waals surface area (Å²) in [5.74, 6) is -0.301. The van der Waals surface area contributed by atoms with Crippen molar-refractivity contribution in [1.29, 1.82) is 0 Å². The first-order chi connectivity index (χ1) is 9.15. The second kappa shape index (κ2) is 6.29. The lowest BCUT2D eigenvalue weighted by atomic mass is 10.2. The first-order valence-corrected chi connectivity index (χ1v) is 6.79. The molecule has 1 aromatic heterocycles. The first kappa shape index (κ1) is 13.5. The minimum atomic E-state index is -0.301. The van der Waals surface area contributed by atoms with Crippen LogP contribution in [0.3, 0.4) is 0 Å². The number of esters is 1. The quantitative estimate of drug-likeness (QED) is 0.851. The Labute approximate surface area is 115 Å². The molecule has 0 aliphatic carbocycles. The van der Waals surface area contributed by atoms with Crippen LogP contribution in [0.1, 0.15) is 29.9 Å². The average molecular weight is 277 g/mol. The number of aromatic nitrogens is 2. The van der Waals surface area contributed by atoms with E-state index in [2.05, 4.69) is 14.9 Å². The van der Waals surface area contributed by atoms with Crippen molar-refractivity contribution < 1.29 is 9.53 Å². The van der Waals surface area contributed by atoms with Crippen LogP contribution in [0, 0.1) is 0 Å². The third-order valence-corrected chi connectivity index (χ3v) is 2.90. The molecule has 0 saturated heterocycles. The highest BCUT2D eigenvalue weighted by Crippen LogP contribution is 2.12. The van der Waals surface area contributed by atoms with E-state index >= 15 is 0 Å². The van der Waals surface area contributed by atoms with E-state index in [4.69, 9.17) is 4.74 Å². The molecular weight excluding hydrogens is 262 g/mol. The lowest BCUT2D eigenvalue weighted by Crippen LogP contribution is -2.11. The molecule has 19 heavy (non-hydrogen) atoms. The summed E-state index contributed by atoms with van der Waals surface area (Å²) in [4.78, 5) is 11.7. The maximum Gasteiger partial charge on any atom is 0.338 e. The number of ether oxygens (including phenoxy) is 1. The molecule has 0 bridgehead atoms. The number of carbonyl (C=O) groups is 1. The fraction of sp³-hybridized carbons (Fsp3) is 0.308. The van der Waals surface area contributed by atoms with Gasteiger partial charge in [-0.3, -0.25) is 0 Å². The Hall–Kier alpha value is -1.95. The number of nitrogens with zero attached hydrogens (tertiary/aromatic N) is 2. The van der Waals surface area contributed by atoms with Crippen LogP contribution in [0.25, 0.3) is 0 Å². The van der Waals surface area contributed by atoms with Crippen molar-refractivity contribution in [3.05, 3.63) is 40.9 Å². The second-order valence-electron chi connectivity index (χ2n) is 4.28. The fourth-order valence-corrected chi connectivity index (χ4v) is 1.91. The zero-order chi connectivity index (χ0) is 13.7.